The number of hydrogen-bond donors (Lipinski definition) is 3. The third-order valence-electron chi connectivity index (χ3n) is 2.24. The van der Waals surface area contributed by atoms with Crippen LogP contribution in [0.3, 0.4) is 0 Å². The summed E-state index contributed by atoms with van der Waals surface area (Å²) in [4.78, 5) is 12.2. The van der Waals surface area contributed by atoms with Crippen LogP contribution in [0.5, 0.6) is 0 Å². The first-order chi connectivity index (χ1) is 8.06. The van der Waals surface area contributed by atoms with Crippen LogP contribution < -0.4 is 10.6 Å². The molecule has 0 fully saturated rings. The summed E-state index contributed by atoms with van der Waals surface area (Å²) in [5.41, 5.74) is 6.31. The minimum absolute atomic E-state index is 0. The molecule has 7 heteroatoms. The number of nitrogens with zero attached hydrogens (tertiary/aromatic N) is 1. The highest BCUT2D eigenvalue weighted by Crippen LogP contribution is 2.14. The van der Waals surface area contributed by atoms with Gasteiger partial charge in [-0.2, -0.15) is 0 Å². The van der Waals surface area contributed by atoms with E-state index in [4.69, 9.17) is 21.0 Å². The fourth-order valence-electron chi connectivity index (χ4n) is 1.36. The Hall–Kier alpha value is -1.79. The maximum atomic E-state index is 10.7. The van der Waals surface area contributed by atoms with E-state index in [0.717, 1.165) is 0 Å². The zero-order valence-electron chi connectivity index (χ0n) is 9.92. The number of carboxylic acid groups (broad SMARTS) is 1. The number of methoxy groups -OCH3 is 1. The molecule has 0 bridgehead atoms. The van der Waals surface area contributed by atoms with Crippen LogP contribution in [0.25, 0.3) is 0 Å². The molecular weight excluding hydrogens is 258 g/mol. The second kappa shape index (κ2) is 7.52. The van der Waals surface area contributed by atoms with E-state index in [9.17, 15) is 4.79 Å². The van der Waals surface area contributed by atoms with Crippen LogP contribution in [0.2, 0.25) is 0 Å². The van der Waals surface area contributed by atoms with E-state index < -0.39 is 5.97 Å². The van der Waals surface area contributed by atoms with Crippen LogP contribution in [-0.2, 0) is 4.74 Å². The standard InChI is InChI=1S/C11H15N3O3.ClH/c1-17-7-6-14(11(12)13)9-4-2-8(3-5-9)10(15)16;/h2-5H,6-7H2,1H3,(H3,12,13)(H,15,16);1H. The van der Waals surface area contributed by atoms with E-state index >= 15 is 0 Å². The number of guanidine groups is 1. The third-order valence-corrected chi connectivity index (χ3v) is 2.24. The van der Waals surface area contributed by atoms with Crippen LogP contribution in [0, 0.1) is 5.41 Å². The number of carboxylic acids is 1. The van der Waals surface area contributed by atoms with Gasteiger partial charge in [0.25, 0.3) is 0 Å². The number of rotatable bonds is 5. The van der Waals surface area contributed by atoms with Crippen molar-refractivity contribution < 1.29 is 14.6 Å². The van der Waals surface area contributed by atoms with E-state index in [1.807, 2.05) is 0 Å². The van der Waals surface area contributed by atoms with Gasteiger partial charge in [0.05, 0.1) is 12.2 Å². The van der Waals surface area contributed by atoms with Crippen molar-refractivity contribution in [1.29, 1.82) is 5.41 Å². The Labute approximate surface area is 111 Å². The summed E-state index contributed by atoms with van der Waals surface area (Å²) in [7, 11) is 1.56. The highest BCUT2D eigenvalue weighted by atomic mass is 35.5. The van der Waals surface area contributed by atoms with Gasteiger partial charge in [-0.05, 0) is 24.3 Å². The molecule has 18 heavy (non-hydrogen) atoms. The molecule has 4 N–H and O–H groups in total. The lowest BCUT2D eigenvalue weighted by Crippen LogP contribution is -2.38. The summed E-state index contributed by atoms with van der Waals surface area (Å²) < 4.78 is 4.92. The molecule has 6 nitrogen and oxygen atoms in total. The number of anilines is 1. The number of benzene rings is 1. The predicted octanol–water partition coefficient (Wildman–Crippen LogP) is 1.15. The minimum atomic E-state index is -0.984. The maximum Gasteiger partial charge on any atom is 0.335 e. The summed E-state index contributed by atoms with van der Waals surface area (Å²) in [6.45, 7) is 0.874. The number of nitrogens with two attached hydrogens (primary N) is 1. The summed E-state index contributed by atoms with van der Waals surface area (Å²) in [6.07, 6.45) is 0. The van der Waals surface area contributed by atoms with Gasteiger partial charge < -0.3 is 20.5 Å². The van der Waals surface area contributed by atoms with Crippen molar-refractivity contribution in [3.63, 3.8) is 0 Å². The molecule has 0 aliphatic rings. The Morgan fingerprint density at radius 2 is 2.00 bits per heavy atom. The average Bonchev–Trinajstić information content (AvgIpc) is 2.29. The minimum Gasteiger partial charge on any atom is -0.478 e. The summed E-state index contributed by atoms with van der Waals surface area (Å²) in [5.74, 6) is -1.09. The molecule has 100 valence electrons. The highest BCUT2D eigenvalue weighted by Gasteiger charge is 2.10. The Kier molecular flexibility index (Phi) is 6.77. The van der Waals surface area contributed by atoms with Crippen molar-refractivity contribution >= 4 is 30.0 Å². The molecule has 1 rings (SSSR count). The van der Waals surface area contributed by atoms with Crippen LogP contribution >= 0.6 is 12.4 Å². The van der Waals surface area contributed by atoms with Crippen LogP contribution in [0.15, 0.2) is 24.3 Å². The van der Waals surface area contributed by atoms with Gasteiger partial charge in [-0.1, -0.05) is 0 Å². The van der Waals surface area contributed by atoms with E-state index in [2.05, 4.69) is 0 Å². The van der Waals surface area contributed by atoms with Crippen molar-refractivity contribution in [2.75, 3.05) is 25.2 Å². The summed E-state index contributed by atoms with van der Waals surface area (Å²) in [5, 5.41) is 16.2. The SMILES string of the molecule is COCCN(C(=N)N)c1ccc(C(=O)O)cc1.Cl. The molecule has 1 aromatic carbocycles. The summed E-state index contributed by atoms with van der Waals surface area (Å²) >= 11 is 0. The van der Waals surface area contributed by atoms with Gasteiger partial charge >= 0.3 is 5.97 Å². The van der Waals surface area contributed by atoms with Crippen LogP contribution in [0.1, 0.15) is 10.4 Å². The van der Waals surface area contributed by atoms with Crippen molar-refractivity contribution in [3.8, 4) is 0 Å². The average molecular weight is 274 g/mol. The molecule has 0 amide bonds. The molecule has 1 aromatic rings. The molecule has 0 aliphatic heterocycles. The molecule has 0 saturated carbocycles. The fraction of sp³-hybridized carbons (Fsp3) is 0.273. The maximum absolute atomic E-state index is 10.7. The summed E-state index contributed by atoms with van der Waals surface area (Å²) in [6, 6.07) is 6.17. The third kappa shape index (κ3) is 4.23. The lowest BCUT2D eigenvalue weighted by Gasteiger charge is -2.22. The number of ether oxygens (including phenoxy) is 1. The van der Waals surface area contributed by atoms with E-state index in [0.29, 0.717) is 18.8 Å². The number of halogens is 1. The smallest absolute Gasteiger partial charge is 0.335 e. The Balaban J connectivity index is 0.00000289. The van der Waals surface area contributed by atoms with E-state index in [1.165, 1.54) is 17.0 Å². The monoisotopic (exact) mass is 273 g/mol. The molecule has 0 unspecified atom stereocenters. The largest absolute Gasteiger partial charge is 0.478 e. The zero-order chi connectivity index (χ0) is 12.8. The first-order valence-electron chi connectivity index (χ1n) is 5.00. The molecule has 0 heterocycles. The second-order valence-corrected chi connectivity index (χ2v) is 3.38. The van der Waals surface area contributed by atoms with Crippen molar-refractivity contribution in [2.24, 2.45) is 5.73 Å². The van der Waals surface area contributed by atoms with Gasteiger partial charge in [-0.15, -0.1) is 12.4 Å². The quantitative estimate of drug-likeness (QED) is 0.552. The lowest BCUT2D eigenvalue weighted by molar-refractivity contribution is 0.0697. The van der Waals surface area contributed by atoms with E-state index in [-0.39, 0.29) is 23.9 Å². The molecule has 0 spiro atoms. The van der Waals surface area contributed by atoms with Crippen LogP contribution in [-0.4, -0.2) is 37.3 Å². The van der Waals surface area contributed by atoms with Crippen molar-refractivity contribution in [2.45, 2.75) is 0 Å². The van der Waals surface area contributed by atoms with Gasteiger partial charge in [-0.3, -0.25) is 5.41 Å². The fourth-order valence-corrected chi connectivity index (χ4v) is 1.36. The molecule has 0 atom stereocenters. The normalized spacial score (nSPS) is 9.39. The second-order valence-electron chi connectivity index (χ2n) is 3.38. The van der Waals surface area contributed by atoms with Crippen LogP contribution in [0.4, 0.5) is 5.69 Å². The molecule has 0 saturated heterocycles. The molecular formula is C11H16ClN3O3. The predicted molar refractivity (Wildman–Crippen MR) is 71.8 cm³/mol. The number of carbonyl (C=O) groups is 1. The highest BCUT2D eigenvalue weighted by molar-refractivity contribution is 5.93. The first kappa shape index (κ1) is 16.2. The van der Waals surface area contributed by atoms with Gasteiger partial charge in [-0.25, -0.2) is 4.79 Å². The Bertz CT molecular complexity index is 408. The zero-order valence-corrected chi connectivity index (χ0v) is 10.7. The van der Waals surface area contributed by atoms with Gasteiger partial charge in [0, 0.05) is 19.3 Å². The Morgan fingerprint density at radius 3 is 2.39 bits per heavy atom. The van der Waals surface area contributed by atoms with Gasteiger partial charge in [0.2, 0.25) is 0 Å². The van der Waals surface area contributed by atoms with Gasteiger partial charge in [0.1, 0.15) is 0 Å². The lowest BCUT2D eigenvalue weighted by atomic mass is 10.2. The number of aromatic carboxylic acids is 1. The topological polar surface area (TPSA) is 99.6 Å². The van der Waals surface area contributed by atoms with E-state index in [1.54, 1.807) is 19.2 Å². The number of nitrogens with one attached hydrogen (secondary N) is 1. The Morgan fingerprint density at radius 1 is 1.44 bits per heavy atom. The van der Waals surface area contributed by atoms with Gasteiger partial charge in [0.15, 0.2) is 5.96 Å². The first-order valence-corrected chi connectivity index (χ1v) is 5.00. The molecule has 0 aromatic heterocycles. The van der Waals surface area contributed by atoms with Crippen molar-refractivity contribution in [1.82, 2.24) is 0 Å². The molecule has 0 aliphatic carbocycles. The van der Waals surface area contributed by atoms with Crippen molar-refractivity contribution in [3.05, 3.63) is 29.8 Å². The molecule has 0 radical (unpaired) electrons. The number of hydrogen-bond acceptors (Lipinski definition) is 3.